The number of aromatic nitrogens is 1. The number of pyridine rings is 1. The number of nitrogens with zero attached hydrogens (tertiary/aromatic N) is 2. The fourth-order valence-corrected chi connectivity index (χ4v) is 2.79. The number of carbonyl (C=O) groups excluding carboxylic acids is 1. The molecular weight excluding hydrogens is 348 g/mol. The zero-order valence-corrected chi connectivity index (χ0v) is 15.5. The van der Waals surface area contributed by atoms with Gasteiger partial charge in [-0.2, -0.15) is 0 Å². The molecule has 1 saturated heterocycles. The molecule has 0 radical (unpaired) electrons. The van der Waals surface area contributed by atoms with Gasteiger partial charge < -0.3 is 29.7 Å². The third-order valence-electron chi connectivity index (χ3n) is 4.24. The molecule has 8 heteroatoms. The number of hydrogen-bond acceptors (Lipinski definition) is 6. The third kappa shape index (κ3) is 5.01. The normalized spacial score (nSPS) is 13.8. The standard InChI is InChI=1S/C19H24N4O4/c1-25-16-5-3-14(11-17(16)26-2)12-21-19(24)22-15-4-6-18(20-13-15)23-7-9-27-10-8-23/h3-6,11,13H,7-10,12H2,1-2H3,(H2,21,22,24). The lowest BCUT2D eigenvalue weighted by molar-refractivity contribution is 0.122. The first-order valence-electron chi connectivity index (χ1n) is 8.74. The smallest absolute Gasteiger partial charge is 0.319 e. The van der Waals surface area contributed by atoms with Crippen molar-refractivity contribution in [2.75, 3.05) is 50.7 Å². The molecule has 2 amide bonds. The molecular formula is C19H24N4O4. The van der Waals surface area contributed by atoms with Gasteiger partial charge in [0.15, 0.2) is 11.5 Å². The Kier molecular flexibility index (Phi) is 6.32. The topological polar surface area (TPSA) is 85.0 Å². The molecule has 1 fully saturated rings. The molecule has 1 aliphatic rings. The number of anilines is 2. The van der Waals surface area contributed by atoms with Crippen LogP contribution in [0, 0.1) is 0 Å². The van der Waals surface area contributed by atoms with Crippen molar-refractivity contribution in [1.29, 1.82) is 0 Å². The number of urea groups is 1. The Hall–Kier alpha value is -3.00. The van der Waals surface area contributed by atoms with Crippen molar-refractivity contribution >= 4 is 17.5 Å². The van der Waals surface area contributed by atoms with Crippen molar-refractivity contribution in [3.8, 4) is 11.5 Å². The summed E-state index contributed by atoms with van der Waals surface area (Å²) in [5.74, 6) is 2.16. The first-order valence-corrected chi connectivity index (χ1v) is 8.74. The predicted octanol–water partition coefficient (Wildman–Crippen LogP) is 2.26. The third-order valence-corrected chi connectivity index (χ3v) is 4.24. The van der Waals surface area contributed by atoms with Gasteiger partial charge in [0.05, 0.1) is 39.3 Å². The molecule has 0 aliphatic carbocycles. The maximum absolute atomic E-state index is 12.1. The average molecular weight is 372 g/mol. The van der Waals surface area contributed by atoms with Gasteiger partial charge in [-0.25, -0.2) is 9.78 Å². The summed E-state index contributed by atoms with van der Waals surface area (Å²) in [5.41, 5.74) is 1.54. The van der Waals surface area contributed by atoms with Crippen LogP contribution in [-0.4, -0.2) is 51.5 Å². The number of rotatable bonds is 6. The Morgan fingerprint density at radius 1 is 1.15 bits per heavy atom. The molecule has 27 heavy (non-hydrogen) atoms. The number of morpholine rings is 1. The highest BCUT2D eigenvalue weighted by atomic mass is 16.5. The molecule has 2 N–H and O–H groups in total. The van der Waals surface area contributed by atoms with E-state index in [1.54, 1.807) is 20.4 Å². The Morgan fingerprint density at radius 3 is 2.59 bits per heavy atom. The first-order chi connectivity index (χ1) is 13.2. The number of hydrogen-bond donors (Lipinski definition) is 2. The summed E-state index contributed by atoms with van der Waals surface area (Å²) in [6.07, 6.45) is 1.65. The maximum Gasteiger partial charge on any atom is 0.319 e. The second kappa shape index (κ2) is 9.09. The van der Waals surface area contributed by atoms with E-state index in [2.05, 4.69) is 20.5 Å². The predicted molar refractivity (Wildman–Crippen MR) is 103 cm³/mol. The molecule has 1 aromatic carbocycles. The van der Waals surface area contributed by atoms with Crippen molar-refractivity contribution in [3.63, 3.8) is 0 Å². The highest BCUT2D eigenvalue weighted by molar-refractivity contribution is 5.89. The van der Waals surface area contributed by atoms with Gasteiger partial charge in [-0.1, -0.05) is 6.07 Å². The minimum absolute atomic E-state index is 0.300. The van der Waals surface area contributed by atoms with Crippen LogP contribution in [0.25, 0.3) is 0 Å². The van der Waals surface area contributed by atoms with E-state index in [9.17, 15) is 4.79 Å². The number of amides is 2. The molecule has 0 saturated carbocycles. The van der Waals surface area contributed by atoms with Crippen LogP contribution in [0.15, 0.2) is 36.5 Å². The summed E-state index contributed by atoms with van der Waals surface area (Å²) in [6, 6.07) is 8.95. The van der Waals surface area contributed by atoms with Crippen LogP contribution in [-0.2, 0) is 11.3 Å². The van der Waals surface area contributed by atoms with Crippen molar-refractivity contribution in [3.05, 3.63) is 42.1 Å². The van der Waals surface area contributed by atoms with E-state index in [4.69, 9.17) is 14.2 Å². The molecule has 1 aromatic heterocycles. The summed E-state index contributed by atoms with van der Waals surface area (Å²) in [7, 11) is 3.16. The molecule has 1 aliphatic heterocycles. The monoisotopic (exact) mass is 372 g/mol. The van der Waals surface area contributed by atoms with E-state index >= 15 is 0 Å². The fourth-order valence-electron chi connectivity index (χ4n) is 2.79. The molecule has 2 aromatic rings. The van der Waals surface area contributed by atoms with Gasteiger partial charge in [0, 0.05) is 19.6 Å². The zero-order valence-electron chi connectivity index (χ0n) is 15.5. The van der Waals surface area contributed by atoms with E-state index in [1.807, 2.05) is 30.3 Å². The van der Waals surface area contributed by atoms with Gasteiger partial charge in [0.2, 0.25) is 0 Å². The number of nitrogens with one attached hydrogen (secondary N) is 2. The number of ether oxygens (including phenoxy) is 3. The molecule has 144 valence electrons. The summed E-state index contributed by atoms with van der Waals surface area (Å²) >= 11 is 0. The summed E-state index contributed by atoms with van der Waals surface area (Å²) in [5, 5.41) is 5.59. The Balaban J connectivity index is 1.51. The van der Waals surface area contributed by atoms with Crippen molar-refractivity contribution < 1.29 is 19.0 Å². The van der Waals surface area contributed by atoms with Crippen LogP contribution in [0.3, 0.4) is 0 Å². The van der Waals surface area contributed by atoms with Gasteiger partial charge in [-0.15, -0.1) is 0 Å². The Morgan fingerprint density at radius 2 is 1.93 bits per heavy atom. The van der Waals surface area contributed by atoms with E-state index < -0.39 is 0 Å². The summed E-state index contributed by atoms with van der Waals surface area (Å²) in [4.78, 5) is 18.7. The molecule has 2 heterocycles. The van der Waals surface area contributed by atoms with Crippen LogP contribution in [0.4, 0.5) is 16.3 Å². The van der Waals surface area contributed by atoms with Crippen molar-refractivity contribution in [1.82, 2.24) is 10.3 Å². The number of carbonyl (C=O) groups is 1. The minimum Gasteiger partial charge on any atom is -0.493 e. The Labute approximate surface area is 158 Å². The van der Waals surface area contributed by atoms with Gasteiger partial charge in [0.25, 0.3) is 0 Å². The lowest BCUT2D eigenvalue weighted by atomic mass is 10.2. The molecule has 0 unspecified atom stereocenters. The average Bonchev–Trinajstić information content (AvgIpc) is 2.73. The molecule has 0 spiro atoms. The van der Waals surface area contributed by atoms with Crippen molar-refractivity contribution in [2.45, 2.75) is 6.54 Å². The van der Waals surface area contributed by atoms with Crippen LogP contribution in [0.2, 0.25) is 0 Å². The second-order valence-electron chi connectivity index (χ2n) is 6.00. The zero-order chi connectivity index (χ0) is 19.1. The van der Waals surface area contributed by atoms with Crippen LogP contribution >= 0.6 is 0 Å². The van der Waals surface area contributed by atoms with Gasteiger partial charge >= 0.3 is 6.03 Å². The van der Waals surface area contributed by atoms with Gasteiger partial charge in [-0.05, 0) is 29.8 Å². The highest BCUT2D eigenvalue weighted by Gasteiger charge is 2.12. The van der Waals surface area contributed by atoms with E-state index in [-0.39, 0.29) is 6.03 Å². The molecule has 8 nitrogen and oxygen atoms in total. The second-order valence-corrected chi connectivity index (χ2v) is 6.00. The highest BCUT2D eigenvalue weighted by Crippen LogP contribution is 2.27. The quantitative estimate of drug-likeness (QED) is 0.809. The minimum atomic E-state index is -0.300. The molecule has 0 bridgehead atoms. The van der Waals surface area contributed by atoms with Crippen molar-refractivity contribution in [2.24, 2.45) is 0 Å². The molecule has 3 rings (SSSR count). The molecule has 0 atom stereocenters. The van der Waals surface area contributed by atoms with Crippen LogP contribution < -0.4 is 25.0 Å². The summed E-state index contributed by atoms with van der Waals surface area (Å²) < 4.78 is 15.8. The summed E-state index contributed by atoms with van der Waals surface area (Å²) in [6.45, 7) is 3.43. The Bertz CT molecular complexity index is 761. The fraction of sp³-hybridized carbons (Fsp3) is 0.368. The SMILES string of the molecule is COc1ccc(CNC(=O)Nc2ccc(N3CCOCC3)nc2)cc1OC. The van der Waals surface area contributed by atoms with E-state index in [0.29, 0.717) is 36.9 Å². The van der Waals surface area contributed by atoms with Crippen LogP contribution in [0.1, 0.15) is 5.56 Å². The lowest BCUT2D eigenvalue weighted by Crippen LogP contribution is -2.36. The first kappa shape index (κ1) is 18.8. The van der Waals surface area contributed by atoms with Gasteiger partial charge in [-0.3, -0.25) is 0 Å². The number of methoxy groups -OCH3 is 2. The van der Waals surface area contributed by atoms with E-state index in [1.165, 1.54) is 0 Å². The number of benzene rings is 1. The van der Waals surface area contributed by atoms with Gasteiger partial charge in [0.1, 0.15) is 5.82 Å². The van der Waals surface area contributed by atoms with Crippen LogP contribution in [0.5, 0.6) is 11.5 Å². The lowest BCUT2D eigenvalue weighted by Gasteiger charge is -2.27. The van der Waals surface area contributed by atoms with E-state index in [0.717, 1.165) is 24.5 Å². The maximum atomic E-state index is 12.1. The largest absolute Gasteiger partial charge is 0.493 e.